The van der Waals surface area contributed by atoms with E-state index in [4.69, 9.17) is 5.73 Å². The molecule has 0 spiro atoms. The van der Waals surface area contributed by atoms with Crippen molar-refractivity contribution >= 4 is 0 Å². The first-order valence-electron chi connectivity index (χ1n) is 14.3. The highest BCUT2D eigenvalue weighted by molar-refractivity contribution is 4.59. The zero-order valence-corrected chi connectivity index (χ0v) is 21.4. The molecule has 0 saturated heterocycles. The predicted octanol–water partition coefficient (Wildman–Crippen LogP) is 8.87. The van der Waals surface area contributed by atoms with Gasteiger partial charge in [0.25, 0.3) is 0 Å². The van der Waals surface area contributed by atoms with Gasteiger partial charge in [0.2, 0.25) is 0 Å². The summed E-state index contributed by atoms with van der Waals surface area (Å²) in [6, 6.07) is 0. The molecule has 0 saturated carbocycles. The smallest absolute Gasteiger partial charge is 0.00187 e. The van der Waals surface area contributed by atoms with E-state index in [-0.39, 0.29) is 0 Å². The number of nitrogens with two attached hydrogens (primary N) is 1. The van der Waals surface area contributed by atoms with Crippen molar-refractivity contribution in [2.75, 3.05) is 26.2 Å². The van der Waals surface area contributed by atoms with Crippen LogP contribution in [0.2, 0.25) is 0 Å². The Morgan fingerprint density at radius 1 is 0.367 bits per heavy atom. The van der Waals surface area contributed by atoms with E-state index in [1.54, 1.807) is 0 Å². The van der Waals surface area contributed by atoms with Gasteiger partial charge in [0.05, 0.1) is 0 Å². The van der Waals surface area contributed by atoms with Gasteiger partial charge < -0.3 is 10.6 Å². The molecule has 0 aliphatic heterocycles. The van der Waals surface area contributed by atoms with Crippen molar-refractivity contribution in [3.8, 4) is 0 Å². The Labute approximate surface area is 192 Å². The summed E-state index contributed by atoms with van der Waals surface area (Å²) in [6.07, 6.45) is 31.3. The quantitative estimate of drug-likeness (QED) is 0.140. The number of hydrogen-bond acceptors (Lipinski definition) is 2. The van der Waals surface area contributed by atoms with Gasteiger partial charge in [0, 0.05) is 0 Å². The Hall–Kier alpha value is -0.0800. The maximum Gasteiger partial charge on any atom is -0.00187 e. The van der Waals surface area contributed by atoms with Crippen molar-refractivity contribution < 1.29 is 0 Å². The molecule has 2 nitrogen and oxygen atoms in total. The number of nitrogens with zero attached hydrogens (tertiary/aromatic N) is 1. The Morgan fingerprint density at radius 3 is 0.933 bits per heavy atom. The molecule has 0 radical (unpaired) electrons. The van der Waals surface area contributed by atoms with Crippen LogP contribution in [0.25, 0.3) is 0 Å². The van der Waals surface area contributed by atoms with E-state index < -0.39 is 0 Å². The minimum Gasteiger partial charge on any atom is -0.330 e. The van der Waals surface area contributed by atoms with Crippen LogP contribution in [0.5, 0.6) is 0 Å². The van der Waals surface area contributed by atoms with Crippen molar-refractivity contribution in [3.05, 3.63) is 0 Å². The molecule has 0 heterocycles. The highest BCUT2D eigenvalue weighted by atomic mass is 15.1. The average molecular weight is 425 g/mol. The lowest BCUT2D eigenvalue weighted by Crippen LogP contribution is -2.27. The van der Waals surface area contributed by atoms with E-state index in [0.717, 1.165) is 6.54 Å². The van der Waals surface area contributed by atoms with Gasteiger partial charge in [-0.05, 0) is 51.9 Å². The second-order valence-electron chi connectivity index (χ2n) is 9.70. The van der Waals surface area contributed by atoms with E-state index in [1.165, 1.54) is 161 Å². The van der Waals surface area contributed by atoms with Crippen LogP contribution in [-0.2, 0) is 0 Å². The van der Waals surface area contributed by atoms with E-state index in [2.05, 4.69) is 18.7 Å². The highest BCUT2D eigenvalue weighted by Crippen LogP contribution is 2.14. The minimum atomic E-state index is 0.872. The fourth-order valence-corrected chi connectivity index (χ4v) is 4.41. The molecule has 0 amide bonds. The Kier molecular flexibility index (Phi) is 26.9. The summed E-state index contributed by atoms with van der Waals surface area (Å²) in [6.45, 7) is 9.49. The Bertz CT molecular complexity index is 284. The van der Waals surface area contributed by atoms with Gasteiger partial charge in [0.15, 0.2) is 0 Å². The summed E-state index contributed by atoms with van der Waals surface area (Å²) in [7, 11) is 0. The van der Waals surface area contributed by atoms with E-state index in [0.29, 0.717) is 0 Å². The van der Waals surface area contributed by atoms with Crippen LogP contribution in [0.3, 0.4) is 0 Å². The molecule has 0 atom stereocenters. The first-order valence-corrected chi connectivity index (χ1v) is 14.3. The molecule has 0 unspecified atom stereocenters. The molecule has 0 aromatic carbocycles. The van der Waals surface area contributed by atoms with Gasteiger partial charge in [0.1, 0.15) is 0 Å². The summed E-state index contributed by atoms with van der Waals surface area (Å²) in [5.41, 5.74) is 5.53. The van der Waals surface area contributed by atoms with Gasteiger partial charge in [-0.1, -0.05) is 129 Å². The molecule has 2 N–H and O–H groups in total. The summed E-state index contributed by atoms with van der Waals surface area (Å²) in [5.74, 6) is 0. The van der Waals surface area contributed by atoms with Crippen molar-refractivity contribution in [1.29, 1.82) is 0 Å². The molecule has 0 aliphatic carbocycles. The third-order valence-electron chi connectivity index (χ3n) is 6.58. The standard InChI is InChI=1S/C28H60N2/c1-3-5-26-30(27-6-4-2)28-24-22-20-18-16-14-12-10-8-7-9-11-13-15-17-19-21-23-25-29/h3-29H2,1-2H3. The Morgan fingerprint density at radius 2 is 0.633 bits per heavy atom. The monoisotopic (exact) mass is 424 g/mol. The minimum absolute atomic E-state index is 0.872. The van der Waals surface area contributed by atoms with Crippen molar-refractivity contribution in [3.63, 3.8) is 0 Å². The summed E-state index contributed by atoms with van der Waals surface area (Å²) < 4.78 is 0. The van der Waals surface area contributed by atoms with Crippen molar-refractivity contribution in [1.82, 2.24) is 4.90 Å². The number of unbranched alkanes of at least 4 members (excludes halogenated alkanes) is 19. The summed E-state index contributed by atoms with van der Waals surface area (Å²) in [4.78, 5) is 2.72. The fourth-order valence-electron chi connectivity index (χ4n) is 4.41. The van der Waals surface area contributed by atoms with Gasteiger partial charge in [-0.15, -0.1) is 0 Å². The first-order chi connectivity index (χ1) is 14.8. The average Bonchev–Trinajstić information content (AvgIpc) is 2.76. The maximum absolute atomic E-state index is 5.53. The van der Waals surface area contributed by atoms with Crippen LogP contribution in [-0.4, -0.2) is 31.1 Å². The number of hydrogen-bond donors (Lipinski definition) is 1. The molecular formula is C28H60N2. The van der Waals surface area contributed by atoms with Crippen LogP contribution in [0.15, 0.2) is 0 Å². The zero-order valence-electron chi connectivity index (χ0n) is 21.4. The Balaban J connectivity index is 3.21. The highest BCUT2D eigenvalue weighted by Gasteiger charge is 2.03. The fraction of sp³-hybridized carbons (Fsp3) is 1.00. The second-order valence-corrected chi connectivity index (χ2v) is 9.70. The van der Waals surface area contributed by atoms with Crippen LogP contribution in [0.1, 0.15) is 155 Å². The summed E-state index contributed by atoms with van der Waals surface area (Å²) in [5, 5.41) is 0. The SMILES string of the molecule is CCCCN(CCCC)CCCCCCCCCCCCCCCCCCCCN. The van der Waals surface area contributed by atoms with E-state index in [1.807, 2.05) is 0 Å². The normalized spacial score (nSPS) is 11.6. The molecule has 0 aliphatic rings. The second kappa shape index (κ2) is 27.0. The zero-order chi connectivity index (χ0) is 22.0. The third-order valence-corrected chi connectivity index (χ3v) is 6.58. The lowest BCUT2D eigenvalue weighted by molar-refractivity contribution is 0.259. The van der Waals surface area contributed by atoms with Gasteiger partial charge in [-0.25, -0.2) is 0 Å². The van der Waals surface area contributed by atoms with E-state index in [9.17, 15) is 0 Å². The predicted molar refractivity (Wildman–Crippen MR) is 138 cm³/mol. The van der Waals surface area contributed by atoms with Gasteiger partial charge >= 0.3 is 0 Å². The molecule has 182 valence electrons. The largest absolute Gasteiger partial charge is 0.330 e. The van der Waals surface area contributed by atoms with Gasteiger partial charge in [-0.3, -0.25) is 0 Å². The molecule has 0 rings (SSSR count). The third kappa shape index (κ3) is 24.2. The van der Waals surface area contributed by atoms with Crippen molar-refractivity contribution in [2.45, 2.75) is 155 Å². The molecule has 0 bridgehead atoms. The van der Waals surface area contributed by atoms with Crippen LogP contribution in [0, 0.1) is 0 Å². The molecule has 30 heavy (non-hydrogen) atoms. The number of rotatable bonds is 26. The lowest BCUT2D eigenvalue weighted by Gasteiger charge is -2.21. The van der Waals surface area contributed by atoms with Crippen LogP contribution < -0.4 is 5.73 Å². The summed E-state index contributed by atoms with van der Waals surface area (Å²) >= 11 is 0. The van der Waals surface area contributed by atoms with E-state index >= 15 is 0 Å². The van der Waals surface area contributed by atoms with Crippen LogP contribution >= 0.6 is 0 Å². The molecule has 0 aromatic heterocycles. The molecule has 0 aromatic rings. The maximum atomic E-state index is 5.53. The van der Waals surface area contributed by atoms with Gasteiger partial charge in [-0.2, -0.15) is 0 Å². The van der Waals surface area contributed by atoms with Crippen LogP contribution in [0.4, 0.5) is 0 Å². The topological polar surface area (TPSA) is 29.3 Å². The molecular weight excluding hydrogens is 364 g/mol. The lowest BCUT2D eigenvalue weighted by atomic mass is 10.0. The molecule has 2 heteroatoms. The van der Waals surface area contributed by atoms with Crippen molar-refractivity contribution in [2.24, 2.45) is 5.73 Å². The first kappa shape index (κ1) is 29.9. The molecule has 0 fully saturated rings.